The Hall–Kier alpha value is -0.850. The zero-order chi connectivity index (χ0) is 7.84. The molecule has 2 N–H and O–H groups in total. The molecular weight excluding hydrogens is 255 g/mol. The summed E-state index contributed by atoms with van der Waals surface area (Å²) in [5.41, 5.74) is 6.31. The predicted molar refractivity (Wildman–Crippen MR) is 50.1 cm³/mol. The molecule has 0 fully saturated rings. The largest absolute Gasteiger partial charge is 0.382 e. The minimum atomic E-state index is 0.522. The van der Waals surface area contributed by atoms with E-state index in [0.717, 1.165) is 9.35 Å². The normalized spacial score (nSPS) is 10.6. The SMILES string of the molecule is Nc1cn2cnc(I)cc2n1. The third-order valence-corrected chi connectivity index (χ3v) is 1.92. The Bertz CT molecular complexity index is 394. The van der Waals surface area contributed by atoms with Crippen molar-refractivity contribution in [2.75, 3.05) is 5.73 Å². The smallest absolute Gasteiger partial charge is 0.143 e. The van der Waals surface area contributed by atoms with Crippen LogP contribution in [0, 0.1) is 3.70 Å². The van der Waals surface area contributed by atoms with Gasteiger partial charge in [0.1, 0.15) is 21.5 Å². The van der Waals surface area contributed by atoms with E-state index in [1.165, 1.54) is 0 Å². The zero-order valence-corrected chi connectivity index (χ0v) is 7.69. The summed E-state index contributed by atoms with van der Waals surface area (Å²) in [5, 5.41) is 0. The lowest BCUT2D eigenvalue weighted by Crippen LogP contribution is -1.86. The van der Waals surface area contributed by atoms with Gasteiger partial charge in [-0.25, -0.2) is 9.97 Å². The van der Waals surface area contributed by atoms with Crippen LogP contribution in [0.4, 0.5) is 5.82 Å². The predicted octanol–water partition coefficient (Wildman–Crippen LogP) is 0.916. The first-order valence-electron chi connectivity index (χ1n) is 3.01. The van der Waals surface area contributed by atoms with E-state index in [1.807, 2.05) is 6.07 Å². The van der Waals surface area contributed by atoms with Crippen LogP contribution in [0.15, 0.2) is 18.6 Å². The van der Waals surface area contributed by atoms with Gasteiger partial charge in [-0.1, -0.05) is 0 Å². The van der Waals surface area contributed by atoms with E-state index in [2.05, 4.69) is 32.6 Å². The van der Waals surface area contributed by atoms with Crippen LogP contribution in [-0.2, 0) is 0 Å². The fourth-order valence-corrected chi connectivity index (χ4v) is 1.29. The van der Waals surface area contributed by atoms with E-state index in [9.17, 15) is 0 Å². The number of fused-ring (bicyclic) bond motifs is 1. The molecule has 0 aromatic carbocycles. The summed E-state index contributed by atoms with van der Waals surface area (Å²) in [6.07, 6.45) is 3.43. The number of rotatable bonds is 0. The van der Waals surface area contributed by atoms with Crippen LogP contribution in [0.25, 0.3) is 5.65 Å². The van der Waals surface area contributed by atoms with Gasteiger partial charge in [-0.2, -0.15) is 0 Å². The van der Waals surface area contributed by atoms with Gasteiger partial charge in [0.2, 0.25) is 0 Å². The molecular formula is C6H5IN4. The molecule has 0 saturated heterocycles. The summed E-state index contributed by atoms with van der Waals surface area (Å²) < 4.78 is 2.71. The van der Waals surface area contributed by atoms with Gasteiger partial charge in [0.05, 0.1) is 6.20 Å². The number of anilines is 1. The minimum Gasteiger partial charge on any atom is -0.382 e. The molecule has 2 aromatic rings. The molecule has 11 heavy (non-hydrogen) atoms. The molecule has 0 aliphatic rings. The van der Waals surface area contributed by atoms with Crippen molar-refractivity contribution in [2.45, 2.75) is 0 Å². The minimum absolute atomic E-state index is 0.522. The molecule has 2 aromatic heterocycles. The molecule has 0 spiro atoms. The van der Waals surface area contributed by atoms with E-state index in [-0.39, 0.29) is 0 Å². The molecule has 0 aliphatic heterocycles. The molecule has 2 heterocycles. The molecule has 56 valence electrons. The third kappa shape index (κ3) is 1.15. The zero-order valence-electron chi connectivity index (χ0n) is 5.53. The highest BCUT2D eigenvalue weighted by Gasteiger charge is 1.97. The first-order valence-corrected chi connectivity index (χ1v) is 4.09. The van der Waals surface area contributed by atoms with Gasteiger partial charge in [-0.3, -0.25) is 4.40 Å². The van der Waals surface area contributed by atoms with Gasteiger partial charge in [0.25, 0.3) is 0 Å². The van der Waals surface area contributed by atoms with Crippen LogP contribution >= 0.6 is 22.6 Å². The van der Waals surface area contributed by atoms with Gasteiger partial charge in [0.15, 0.2) is 0 Å². The Balaban J connectivity index is 2.82. The number of nitrogens with two attached hydrogens (primary N) is 1. The summed E-state index contributed by atoms with van der Waals surface area (Å²) in [6, 6.07) is 1.87. The van der Waals surface area contributed by atoms with E-state index >= 15 is 0 Å². The first kappa shape index (κ1) is 6.84. The maximum absolute atomic E-state index is 5.48. The van der Waals surface area contributed by atoms with Crippen molar-refractivity contribution in [3.63, 3.8) is 0 Å². The average Bonchev–Trinajstić information content (AvgIpc) is 2.27. The summed E-state index contributed by atoms with van der Waals surface area (Å²) in [7, 11) is 0. The van der Waals surface area contributed by atoms with Gasteiger partial charge >= 0.3 is 0 Å². The Morgan fingerprint density at radius 1 is 1.55 bits per heavy atom. The lowest BCUT2D eigenvalue weighted by Gasteiger charge is -1.90. The maximum atomic E-state index is 5.48. The number of nitrogens with zero attached hydrogens (tertiary/aromatic N) is 3. The quantitative estimate of drug-likeness (QED) is 0.566. The van der Waals surface area contributed by atoms with Crippen LogP contribution in [0.1, 0.15) is 0 Å². The van der Waals surface area contributed by atoms with Gasteiger partial charge < -0.3 is 5.73 Å². The third-order valence-electron chi connectivity index (χ3n) is 1.33. The van der Waals surface area contributed by atoms with E-state index in [1.54, 1.807) is 16.9 Å². The number of aromatic nitrogens is 3. The topological polar surface area (TPSA) is 56.2 Å². The van der Waals surface area contributed by atoms with Gasteiger partial charge in [-0.15, -0.1) is 0 Å². The number of nitrogen functional groups attached to an aromatic ring is 1. The van der Waals surface area contributed by atoms with Crippen molar-refractivity contribution in [1.82, 2.24) is 14.4 Å². The Kier molecular flexibility index (Phi) is 1.45. The fourth-order valence-electron chi connectivity index (χ4n) is 0.888. The van der Waals surface area contributed by atoms with Crippen molar-refractivity contribution in [3.05, 3.63) is 22.3 Å². The van der Waals surface area contributed by atoms with E-state index < -0.39 is 0 Å². The fraction of sp³-hybridized carbons (Fsp3) is 0. The summed E-state index contributed by atoms with van der Waals surface area (Å²) in [5.74, 6) is 0.522. The standard InChI is InChI=1S/C6H5IN4/c7-4-1-6-10-5(8)2-11(6)3-9-4/h1-3H,8H2. The lowest BCUT2D eigenvalue weighted by atomic mass is 10.6. The van der Waals surface area contributed by atoms with Gasteiger partial charge in [0, 0.05) is 6.07 Å². The highest BCUT2D eigenvalue weighted by molar-refractivity contribution is 14.1. The van der Waals surface area contributed by atoms with Crippen LogP contribution < -0.4 is 5.73 Å². The van der Waals surface area contributed by atoms with Gasteiger partial charge in [-0.05, 0) is 22.6 Å². The monoisotopic (exact) mass is 260 g/mol. The first-order chi connectivity index (χ1) is 5.25. The molecule has 0 atom stereocenters. The molecule has 0 bridgehead atoms. The average molecular weight is 260 g/mol. The Labute approximate surface area is 76.6 Å². The highest BCUT2D eigenvalue weighted by atomic mass is 127. The molecule has 0 unspecified atom stereocenters. The van der Waals surface area contributed by atoms with E-state index in [0.29, 0.717) is 5.82 Å². The highest BCUT2D eigenvalue weighted by Crippen LogP contribution is 2.07. The summed E-state index contributed by atoms with van der Waals surface area (Å²) in [4.78, 5) is 8.14. The molecule has 4 nitrogen and oxygen atoms in total. The van der Waals surface area contributed by atoms with Crippen molar-refractivity contribution >= 4 is 34.1 Å². The molecule has 0 radical (unpaired) electrons. The molecule has 0 amide bonds. The Morgan fingerprint density at radius 3 is 3.18 bits per heavy atom. The second kappa shape index (κ2) is 2.33. The van der Waals surface area contributed by atoms with Crippen molar-refractivity contribution < 1.29 is 0 Å². The van der Waals surface area contributed by atoms with Crippen molar-refractivity contribution in [2.24, 2.45) is 0 Å². The van der Waals surface area contributed by atoms with Crippen LogP contribution in [0.5, 0.6) is 0 Å². The van der Waals surface area contributed by atoms with Crippen molar-refractivity contribution in [3.8, 4) is 0 Å². The lowest BCUT2D eigenvalue weighted by molar-refractivity contribution is 1.07. The van der Waals surface area contributed by atoms with Crippen LogP contribution in [0.2, 0.25) is 0 Å². The number of imidazole rings is 1. The molecule has 0 saturated carbocycles. The van der Waals surface area contributed by atoms with Crippen molar-refractivity contribution in [1.29, 1.82) is 0 Å². The molecule has 2 rings (SSSR count). The summed E-state index contributed by atoms with van der Waals surface area (Å²) >= 11 is 2.13. The second-order valence-corrected chi connectivity index (χ2v) is 3.25. The summed E-state index contributed by atoms with van der Waals surface area (Å²) in [6.45, 7) is 0. The molecule has 0 aliphatic carbocycles. The maximum Gasteiger partial charge on any atom is 0.143 e. The van der Waals surface area contributed by atoms with E-state index in [4.69, 9.17) is 5.73 Å². The molecule has 5 heteroatoms. The second-order valence-electron chi connectivity index (χ2n) is 2.14. The van der Waals surface area contributed by atoms with Crippen LogP contribution in [0.3, 0.4) is 0 Å². The Morgan fingerprint density at radius 2 is 2.36 bits per heavy atom. The number of hydrogen-bond donors (Lipinski definition) is 1. The van der Waals surface area contributed by atoms with Crippen LogP contribution in [-0.4, -0.2) is 14.4 Å². The number of hydrogen-bond acceptors (Lipinski definition) is 3. The number of halogens is 1.